The van der Waals surface area contributed by atoms with Crippen LogP contribution in [0.2, 0.25) is 0 Å². The number of rotatable bonds is 7. The number of nitrogens with zero attached hydrogens (tertiary/aromatic N) is 2. The zero-order valence-corrected chi connectivity index (χ0v) is 19.2. The molecule has 4 heteroatoms. The monoisotopic (exact) mass is 426 g/mol. The highest BCUT2D eigenvalue weighted by Gasteiger charge is 2.19. The van der Waals surface area contributed by atoms with E-state index < -0.39 is 0 Å². The Labute approximate surface area is 189 Å². The normalized spacial score (nSPS) is 12.3. The number of imidazole rings is 1. The molecule has 0 fully saturated rings. The van der Waals surface area contributed by atoms with Gasteiger partial charge in [-0.1, -0.05) is 69.3 Å². The van der Waals surface area contributed by atoms with Crippen molar-refractivity contribution in [1.82, 2.24) is 9.55 Å². The number of fused-ring (bicyclic) bond motifs is 1. The number of benzene rings is 3. The highest BCUT2D eigenvalue weighted by molar-refractivity contribution is 5.89. The van der Waals surface area contributed by atoms with E-state index in [-0.39, 0.29) is 11.9 Å². The van der Waals surface area contributed by atoms with Crippen molar-refractivity contribution in [2.24, 2.45) is 5.92 Å². The number of hydrogen-bond acceptors (Lipinski definition) is 3. The Morgan fingerprint density at radius 2 is 1.56 bits per heavy atom. The Kier molecular flexibility index (Phi) is 6.40. The number of hydrogen-bond donors (Lipinski definition) is 0. The van der Waals surface area contributed by atoms with Gasteiger partial charge in [0.25, 0.3) is 0 Å². The van der Waals surface area contributed by atoms with Crippen LogP contribution in [0.25, 0.3) is 11.0 Å². The first-order valence-corrected chi connectivity index (χ1v) is 11.2. The first-order valence-electron chi connectivity index (χ1n) is 11.2. The van der Waals surface area contributed by atoms with Gasteiger partial charge in [-0.25, -0.2) is 9.78 Å². The van der Waals surface area contributed by atoms with E-state index in [1.165, 1.54) is 18.2 Å². The molecule has 0 spiro atoms. The second-order valence-electron chi connectivity index (χ2n) is 8.79. The van der Waals surface area contributed by atoms with Crippen molar-refractivity contribution >= 4 is 17.0 Å². The molecule has 4 rings (SSSR count). The summed E-state index contributed by atoms with van der Waals surface area (Å²) >= 11 is 0. The molecule has 1 atom stereocenters. The van der Waals surface area contributed by atoms with E-state index >= 15 is 0 Å². The van der Waals surface area contributed by atoms with E-state index in [9.17, 15) is 4.79 Å². The third-order valence-corrected chi connectivity index (χ3v) is 5.91. The molecule has 0 aliphatic heterocycles. The summed E-state index contributed by atoms with van der Waals surface area (Å²) in [5.74, 6) is 1.53. The summed E-state index contributed by atoms with van der Waals surface area (Å²) in [4.78, 5) is 16.8. The molecule has 0 saturated carbocycles. The number of aromatic nitrogens is 2. The molecule has 164 valence electrons. The highest BCUT2D eigenvalue weighted by atomic mass is 16.5. The Balaban J connectivity index is 1.68. The third-order valence-electron chi connectivity index (χ3n) is 5.91. The van der Waals surface area contributed by atoms with Crippen molar-refractivity contribution in [2.45, 2.75) is 39.7 Å². The van der Waals surface area contributed by atoms with E-state index in [0.717, 1.165) is 28.8 Å². The Hall–Kier alpha value is -3.40. The first-order chi connectivity index (χ1) is 15.5. The van der Waals surface area contributed by atoms with Crippen molar-refractivity contribution in [3.63, 3.8) is 0 Å². The number of carbonyl (C=O) groups excluding carboxylic acids is 1. The topological polar surface area (TPSA) is 44.1 Å². The minimum absolute atomic E-state index is 0.157. The maximum absolute atomic E-state index is 11.8. The molecule has 3 aromatic carbocycles. The van der Waals surface area contributed by atoms with Crippen LogP contribution in [-0.4, -0.2) is 22.6 Å². The molecule has 0 aliphatic rings. The lowest BCUT2D eigenvalue weighted by Gasteiger charge is -2.16. The molecular formula is C28H30N2O2. The molecule has 4 aromatic rings. The summed E-state index contributed by atoms with van der Waals surface area (Å²) in [6.07, 6.45) is 1.09. The van der Waals surface area contributed by atoms with Gasteiger partial charge in [0.05, 0.1) is 23.7 Å². The van der Waals surface area contributed by atoms with Crippen LogP contribution in [0.15, 0.2) is 72.8 Å². The largest absolute Gasteiger partial charge is 0.465 e. The number of methoxy groups -OCH3 is 1. The summed E-state index contributed by atoms with van der Waals surface area (Å²) in [5, 5.41) is 0. The molecular weight excluding hydrogens is 396 g/mol. The smallest absolute Gasteiger partial charge is 0.337 e. The molecule has 0 N–H and O–H groups in total. The minimum atomic E-state index is -0.320. The fourth-order valence-electron chi connectivity index (χ4n) is 4.20. The van der Waals surface area contributed by atoms with Crippen molar-refractivity contribution < 1.29 is 9.53 Å². The average Bonchev–Trinajstić information content (AvgIpc) is 3.17. The van der Waals surface area contributed by atoms with Gasteiger partial charge in [0.1, 0.15) is 5.82 Å². The highest BCUT2D eigenvalue weighted by Crippen LogP contribution is 2.28. The summed E-state index contributed by atoms with van der Waals surface area (Å²) in [7, 11) is 1.40. The molecule has 4 nitrogen and oxygen atoms in total. The number of carbonyl (C=O) groups is 1. The zero-order valence-electron chi connectivity index (χ0n) is 19.2. The molecule has 1 heterocycles. The predicted molar refractivity (Wildman–Crippen MR) is 129 cm³/mol. The summed E-state index contributed by atoms with van der Waals surface area (Å²) in [5.41, 5.74) is 6.41. The van der Waals surface area contributed by atoms with E-state index in [0.29, 0.717) is 18.0 Å². The van der Waals surface area contributed by atoms with Gasteiger partial charge in [-0.3, -0.25) is 0 Å². The van der Waals surface area contributed by atoms with Crippen LogP contribution in [0.1, 0.15) is 59.6 Å². The van der Waals surface area contributed by atoms with Crippen molar-refractivity contribution in [2.75, 3.05) is 7.11 Å². The van der Waals surface area contributed by atoms with E-state index in [1.807, 2.05) is 30.3 Å². The molecule has 0 amide bonds. The molecule has 0 bridgehead atoms. The van der Waals surface area contributed by atoms with Gasteiger partial charge >= 0.3 is 5.97 Å². The van der Waals surface area contributed by atoms with Gasteiger partial charge in [0.2, 0.25) is 0 Å². The van der Waals surface area contributed by atoms with Crippen LogP contribution in [0, 0.1) is 5.92 Å². The van der Waals surface area contributed by atoms with Gasteiger partial charge in [-0.15, -0.1) is 0 Å². The molecule has 0 saturated heterocycles. The van der Waals surface area contributed by atoms with Gasteiger partial charge in [-0.2, -0.15) is 0 Å². The lowest BCUT2D eigenvalue weighted by Crippen LogP contribution is -2.10. The first kappa shape index (κ1) is 21.8. The van der Waals surface area contributed by atoms with Crippen molar-refractivity contribution in [1.29, 1.82) is 0 Å². The Morgan fingerprint density at radius 3 is 2.22 bits per heavy atom. The van der Waals surface area contributed by atoms with Crippen LogP contribution in [0.4, 0.5) is 0 Å². The second kappa shape index (κ2) is 9.39. The number of para-hydroxylation sites is 2. The second-order valence-corrected chi connectivity index (χ2v) is 8.79. The van der Waals surface area contributed by atoms with Crippen LogP contribution in [-0.2, 0) is 17.7 Å². The van der Waals surface area contributed by atoms with Crippen LogP contribution in [0.5, 0.6) is 0 Å². The Morgan fingerprint density at radius 1 is 0.906 bits per heavy atom. The standard InChI is InChI=1S/C28H30N2O2/c1-19(2)17-21-9-13-23(14-10-21)20(3)27-29-25-7-5-6-8-26(25)30(27)18-22-11-15-24(16-12-22)28(31)32-4/h5-16,19-20H,17-18H2,1-4H3. The lowest BCUT2D eigenvalue weighted by atomic mass is 9.96. The summed E-state index contributed by atoms with van der Waals surface area (Å²) < 4.78 is 7.10. The van der Waals surface area contributed by atoms with Crippen molar-refractivity contribution in [3.05, 3.63) is 101 Å². The number of ether oxygens (including phenoxy) is 1. The van der Waals surface area contributed by atoms with Crippen molar-refractivity contribution in [3.8, 4) is 0 Å². The minimum Gasteiger partial charge on any atom is -0.465 e. The van der Waals surface area contributed by atoms with E-state index in [1.54, 1.807) is 0 Å². The van der Waals surface area contributed by atoms with Crippen LogP contribution >= 0.6 is 0 Å². The summed E-state index contributed by atoms with van der Waals surface area (Å²) in [6, 6.07) is 24.8. The maximum Gasteiger partial charge on any atom is 0.337 e. The fourth-order valence-corrected chi connectivity index (χ4v) is 4.20. The van der Waals surface area contributed by atoms with E-state index in [2.05, 4.69) is 67.8 Å². The van der Waals surface area contributed by atoms with Gasteiger partial charge in [0, 0.05) is 12.5 Å². The maximum atomic E-state index is 11.8. The molecule has 0 aliphatic carbocycles. The SMILES string of the molecule is COC(=O)c1ccc(Cn2c(C(C)c3ccc(CC(C)C)cc3)nc3ccccc32)cc1. The van der Waals surface area contributed by atoms with Gasteiger partial charge < -0.3 is 9.30 Å². The zero-order chi connectivity index (χ0) is 22.7. The molecule has 1 unspecified atom stereocenters. The molecule has 32 heavy (non-hydrogen) atoms. The summed E-state index contributed by atoms with van der Waals surface area (Å²) in [6.45, 7) is 7.40. The van der Waals surface area contributed by atoms with Gasteiger partial charge in [0.15, 0.2) is 0 Å². The van der Waals surface area contributed by atoms with Crippen LogP contribution in [0.3, 0.4) is 0 Å². The average molecular weight is 427 g/mol. The molecule has 1 aromatic heterocycles. The third kappa shape index (κ3) is 4.59. The quantitative estimate of drug-likeness (QED) is 0.329. The predicted octanol–water partition coefficient (Wildman–Crippen LogP) is 6.22. The van der Waals surface area contributed by atoms with E-state index in [4.69, 9.17) is 9.72 Å². The number of esters is 1. The van der Waals surface area contributed by atoms with Gasteiger partial charge in [-0.05, 0) is 53.3 Å². The lowest BCUT2D eigenvalue weighted by molar-refractivity contribution is 0.0600. The fraction of sp³-hybridized carbons (Fsp3) is 0.286. The Bertz CT molecular complexity index is 1200. The molecule has 0 radical (unpaired) electrons. The van der Waals surface area contributed by atoms with Crippen LogP contribution < -0.4 is 0 Å².